The minimum absolute atomic E-state index is 0.116. The Kier molecular flexibility index (Phi) is 6.49. The number of imidazole rings is 1. The van der Waals surface area contributed by atoms with Gasteiger partial charge in [0.1, 0.15) is 5.82 Å². The zero-order valence-corrected chi connectivity index (χ0v) is 19.6. The van der Waals surface area contributed by atoms with Crippen molar-refractivity contribution in [2.45, 2.75) is 39.3 Å². The van der Waals surface area contributed by atoms with Crippen LogP contribution in [0.5, 0.6) is 0 Å². The van der Waals surface area contributed by atoms with Crippen molar-refractivity contribution in [1.29, 1.82) is 0 Å². The third kappa shape index (κ3) is 4.36. The lowest BCUT2D eigenvalue weighted by Gasteiger charge is -2.12. The van der Waals surface area contributed by atoms with Gasteiger partial charge >= 0.3 is 5.69 Å². The monoisotopic (exact) mass is 467 g/mol. The summed E-state index contributed by atoms with van der Waals surface area (Å²) in [6.07, 6.45) is 1.86. The van der Waals surface area contributed by atoms with Gasteiger partial charge in [-0.15, -0.1) is 0 Å². The van der Waals surface area contributed by atoms with E-state index in [0.29, 0.717) is 40.0 Å². The molecule has 0 saturated carbocycles. The topological polar surface area (TPSA) is 94.9 Å². The number of aliphatic hydroxyl groups excluding tert-OH is 1. The van der Waals surface area contributed by atoms with Crippen LogP contribution < -0.4 is 11.2 Å². The molecular weight excluding hydrogens is 442 g/mol. The average molecular weight is 468 g/mol. The number of fused-ring (bicyclic) bond motifs is 1. The lowest BCUT2D eigenvalue weighted by atomic mass is 10.0. The second kappa shape index (κ2) is 9.33. The van der Waals surface area contributed by atoms with E-state index in [2.05, 4.69) is 31.0 Å². The van der Waals surface area contributed by atoms with Crippen LogP contribution in [0.3, 0.4) is 0 Å². The number of hydrogen-bond donors (Lipinski definition) is 1. The molecule has 9 heteroatoms. The highest BCUT2D eigenvalue weighted by atomic mass is 35.5. The molecule has 0 saturated heterocycles. The second-order valence-corrected chi connectivity index (χ2v) is 8.75. The Labute approximate surface area is 195 Å². The van der Waals surface area contributed by atoms with E-state index in [1.54, 1.807) is 25.4 Å². The molecule has 33 heavy (non-hydrogen) atoms. The van der Waals surface area contributed by atoms with Gasteiger partial charge in [0.15, 0.2) is 11.2 Å². The lowest BCUT2D eigenvalue weighted by molar-refractivity contribution is 0.277. The van der Waals surface area contributed by atoms with Crippen molar-refractivity contribution in [3.05, 3.63) is 79.7 Å². The van der Waals surface area contributed by atoms with Crippen LogP contribution >= 0.6 is 11.6 Å². The summed E-state index contributed by atoms with van der Waals surface area (Å²) in [6.45, 7) is 4.52. The van der Waals surface area contributed by atoms with Gasteiger partial charge in [0.05, 0.1) is 17.3 Å². The third-order valence-corrected chi connectivity index (χ3v) is 5.92. The molecule has 1 N–H and O–H groups in total. The number of aliphatic hydroxyl groups is 1. The predicted molar refractivity (Wildman–Crippen MR) is 129 cm³/mol. The molecule has 0 aliphatic rings. The van der Waals surface area contributed by atoms with Gasteiger partial charge < -0.3 is 9.67 Å². The molecule has 0 bridgehead atoms. The van der Waals surface area contributed by atoms with Crippen molar-refractivity contribution in [1.82, 2.24) is 23.7 Å². The predicted octanol–water partition coefficient (Wildman–Crippen LogP) is 3.17. The van der Waals surface area contributed by atoms with Crippen LogP contribution in [0, 0.1) is 0 Å². The van der Waals surface area contributed by atoms with Gasteiger partial charge in [-0.2, -0.15) is 0 Å². The second-order valence-electron chi connectivity index (χ2n) is 8.32. The highest BCUT2D eigenvalue weighted by molar-refractivity contribution is 6.30. The minimum Gasteiger partial charge on any atom is -0.396 e. The van der Waals surface area contributed by atoms with Gasteiger partial charge in [-0.05, 0) is 36.1 Å². The van der Waals surface area contributed by atoms with E-state index < -0.39 is 11.2 Å². The van der Waals surface area contributed by atoms with Crippen LogP contribution in [0.15, 0.2) is 52.2 Å². The summed E-state index contributed by atoms with van der Waals surface area (Å²) in [7, 11) is 1.60. The molecule has 172 valence electrons. The maximum Gasteiger partial charge on any atom is 0.332 e. The van der Waals surface area contributed by atoms with Gasteiger partial charge in [-0.1, -0.05) is 43.6 Å². The highest BCUT2D eigenvalue weighted by Crippen LogP contribution is 2.26. The fraction of sp³-hybridized carbons (Fsp3) is 0.333. The molecule has 0 fully saturated rings. The summed E-state index contributed by atoms with van der Waals surface area (Å²) in [4.78, 5) is 35.5. The first-order valence-corrected chi connectivity index (χ1v) is 11.2. The van der Waals surface area contributed by atoms with E-state index in [1.807, 2.05) is 16.7 Å². The fourth-order valence-corrected chi connectivity index (χ4v) is 3.98. The molecule has 4 aromatic rings. The van der Waals surface area contributed by atoms with Crippen LogP contribution in [0.4, 0.5) is 0 Å². The zero-order chi connectivity index (χ0) is 23.7. The molecule has 3 heterocycles. The number of benzene rings is 1. The summed E-state index contributed by atoms with van der Waals surface area (Å²) in [5.41, 5.74) is 2.42. The van der Waals surface area contributed by atoms with E-state index in [9.17, 15) is 14.7 Å². The molecular formula is C24H26ClN5O3. The summed E-state index contributed by atoms with van der Waals surface area (Å²) in [5.74, 6) is 0.900. The summed E-state index contributed by atoms with van der Waals surface area (Å²) in [6, 6.07) is 11.6. The maximum absolute atomic E-state index is 13.5. The van der Waals surface area contributed by atoms with Crippen LogP contribution in [0.25, 0.3) is 22.6 Å². The van der Waals surface area contributed by atoms with E-state index in [-0.39, 0.29) is 19.7 Å². The Balaban J connectivity index is 2.02. The van der Waals surface area contributed by atoms with Gasteiger partial charge in [0.2, 0.25) is 0 Å². The number of pyridine rings is 1. The van der Waals surface area contributed by atoms with Crippen molar-refractivity contribution >= 4 is 22.8 Å². The summed E-state index contributed by atoms with van der Waals surface area (Å²) in [5, 5.41) is 9.75. The normalized spacial score (nSPS) is 11.6. The zero-order valence-electron chi connectivity index (χ0n) is 18.8. The van der Waals surface area contributed by atoms with E-state index >= 15 is 0 Å². The fourth-order valence-electron chi connectivity index (χ4n) is 3.87. The lowest BCUT2D eigenvalue weighted by Crippen LogP contribution is -2.40. The van der Waals surface area contributed by atoms with E-state index in [1.165, 1.54) is 4.57 Å². The number of nitrogens with zero attached hydrogens (tertiary/aromatic N) is 5. The van der Waals surface area contributed by atoms with E-state index in [0.717, 1.165) is 15.7 Å². The van der Waals surface area contributed by atoms with Gasteiger partial charge in [0, 0.05) is 32.0 Å². The summed E-state index contributed by atoms with van der Waals surface area (Å²) < 4.78 is 4.35. The first-order valence-electron chi connectivity index (χ1n) is 10.8. The molecule has 0 unspecified atom stereocenters. The molecule has 0 atom stereocenters. The Morgan fingerprint density at radius 3 is 2.58 bits per heavy atom. The Morgan fingerprint density at radius 2 is 1.91 bits per heavy atom. The van der Waals surface area contributed by atoms with Crippen LogP contribution in [0.2, 0.25) is 5.02 Å². The van der Waals surface area contributed by atoms with E-state index in [4.69, 9.17) is 16.6 Å². The minimum atomic E-state index is -0.460. The molecule has 0 radical (unpaired) electrons. The first kappa shape index (κ1) is 22.9. The van der Waals surface area contributed by atoms with Gasteiger partial charge in [0.25, 0.3) is 5.56 Å². The van der Waals surface area contributed by atoms with Crippen molar-refractivity contribution in [2.75, 3.05) is 6.61 Å². The number of aromatic nitrogens is 5. The first-order chi connectivity index (χ1) is 15.8. The molecule has 0 aliphatic carbocycles. The Morgan fingerprint density at radius 1 is 1.12 bits per heavy atom. The van der Waals surface area contributed by atoms with Crippen LogP contribution in [-0.4, -0.2) is 35.4 Å². The van der Waals surface area contributed by atoms with Crippen molar-refractivity contribution in [2.24, 2.45) is 7.05 Å². The van der Waals surface area contributed by atoms with Crippen molar-refractivity contribution < 1.29 is 5.11 Å². The average Bonchev–Trinajstić information content (AvgIpc) is 3.18. The molecule has 3 aromatic heterocycles. The SMILES string of the molecule is CC(C)c1cccc(-c2nc3c(c(=O)n(CCCO)c(=O)n3C)n2Cc2ccc(Cl)cn2)c1. The Bertz CT molecular complexity index is 1420. The number of aryl methyl sites for hydroxylation is 1. The van der Waals surface area contributed by atoms with Crippen LogP contribution in [-0.2, 0) is 20.1 Å². The molecule has 8 nitrogen and oxygen atoms in total. The quantitative estimate of drug-likeness (QED) is 0.450. The van der Waals surface area contributed by atoms with Crippen molar-refractivity contribution in [3.63, 3.8) is 0 Å². The van der Waals surface area contributed by atoms with Gasteiger partial charge in [-0.25, -0.2) is 9.78 Å². The molecule has 0 amide bonds. The number of halogens is 1. The van der Waals surface area contributed by atoms with Crippen molar-refractivity contribution in [3.8, 4) is 11.4 Å². The largest absolute Gasteiger partial charge is 0.396 e. The standard InChI is InChI=1S/C24H26ClN5O3/c1-15(2)16-6-4-7-17(12-16)21-27-22-20(30(21)14-19-9-8-18(25)13-26-19)23(32)29(10-5-11-31)24(33)28(22)3/h4,6-9,12-13,15,31H,5,10-11,14H2,1-3H3. The maximum atomic E-state index is 13.5. The molecule has 0 aliphatic heterocycles. The summed E-state index contributed by atoms with van der Waals surface area (Å²) >= 11 is 6.00. The number of rotatable bonds is 7. The highest BCUT2D eigenvalue weighted by Gasteiger charge is 2.22. The molecule has 4 rings (SSSR count). The van der Waals surface area contributed by atoms with Gasteiger partial charge in [-0.3, -0.25) is 18.9 Å². The third-order valence-electron chi connectivity index (χ3n) is 5.69. The smallest absolute Gasteiger partial charge is 0.332 e. The molecule has 1 aromatic carbocycles. The Hall–Kier alpha value is -3.23. The van der Waals surface area contributed by atoms with Crippen LogP contribution in [0.1, 0.15) is 37.4 Å². The molecule has 0 spiro atoms. The number of hydrogen-bond acceptors (Lipinski definition) is 5.